The number of rotatable bonds is 6. The molecular weight excluding hydrogens is 306 g/mol. The van der Waals surface area contributed by atoms with Crippen molar-refractivity contribution in [2.75, 3.05) is 7.05 Å². The molecule has 0 saturated carbocycles. The van der Waals surface area contributed by atoms with Crippen molar-refractivity contribution >= 4 is 21.6 Å². The molecule has 2 aromatic rings. The lowest BCUT2D eigenvalue weighted by Crippen LogP contribution is -2.27. The Kier molecular flexibility index (Phi) is 5.39. The summed E-state index contributed by atoms with van der Waals surface area (Å²) in [5.41, 5.74) is 2.72. The third-order valence-corrected chi connectivity index (χ3v) is 5.33. The Morgan fingerprint density at radius 1 is 0.905 bits per heavy atom. The zero-order valence-electron chi connectivity index (χ0n) is 11.9. The molecule has 2 rings (SSSR count). The highest BCUT2D eigenvalue weighted by Crippen LogP contribution is 2.14. The molecule has 0 aliphatic rings. The molecule has 0 fully saturated rings. The summed E-state index contributed by atoms with van der Waals surface area (Å²) in [6.45, 7) is 0.378. The predicted molar refractivity (Wildman–Crippen MR) is 86.5 cm³/mol. The summed E-state index contributed by atoms with van der Waals surface area (Å²) in [7, 11) is -1.72. The van der Waals surface area contributed by atoms with Crippen LogP contribution in [0.1, 0.15) is 16.7 Å². The Morgan fingerprint density at radius 3 is 2.05 bits per heavy atom. The molecule has 5 heteroatoms. The van der Waals surface area contributed by atoms with Gasteiger partial charge in [0.2, 0.25) is 10.0 Å². The van der Waals surface area contributed by atoms with Crippen LogP contribution in [0.4, 0.5) is 0 Å². The molecule has 0 aliphatic carbocycles. The molecule has 0 amide bonds. The maximum atomic E-state index is 12.4. The third kappa shape index (κ3) is 4.56. The van der Waals surface area contributed by atoms with Crippen LogP contribution in [-0.4, -0.2) is 19.8 Å². The first-order valence-corrected chi connectivity index (χ1v) is 8.77. The molecular formula is C16H18ClNO2S. The van der Waals surface area contributed by atoms with Crippen molar-refractivity contribution in [2.45, 2.75) is 18.2 Å². The van der Waals surface area contributed by atoms with Crippen molar-refractivity contribution in [1.82, 2.24) is 4.31 Å². The summed E-state index contributed by atoms with van der Waals surface area (Å²) in [5, 5.41) is 0. The van der Waals surface area contributed by atoms with E-state index in [-0.39, 0.29) is 5.75 Å². The molecule has 0 spiro atoms. The molecule has 0 unspecified atom stereocenters. The van der Waals surface area contributed by atoms with Crippen LogP contribution in [0.5, 0.6) is 0 Å². The highest BCUT2D eigenvalue weighted by molar-refractivity contribution is 7.88. The van der Waals surface area contributed by atoms with Gasteiger partial charge >= 0.3 is 0 Å². The smallest absolute Gasteiger partial charge is 0.212 e. The molecule has 0 radical (unpaired) electrons. The van der Waals surface area contributed by atoms with Crippen LogP contribution >= 0.6 is 11.6 Å². The van der Waals surface area contributed by atoms with Crippen molar-refractivity contribution in [3.8, 4) is 0 Å². The summed E-state index contributed by atoms with van der Waals surface area (Å²) in [6, 6.07) is 16.9. The number of alkyl halides is 1. The average Bonchev–Trinajstić information content (AvgIpc) is 2.48. The quantitative estimate of drug-likeness (QED) is 0.764. The second-order valence-electron chi connectivity index (χ2n) is 4.95. The average molecular weight is 324 g/mol. The molecule has 0 aromatic heterocycles. The fourth-order valence-corrected chi connectivity index (χ4v) is 3.34. The lowest BCUT2D eigenvalue weighted by Gasteiger charge is -2.17. The van der Waals surface area contributed by atoms with Gasteiger partial charge in [-0.25, -0.2) is 12.7 Å². The summed E-state index contributed by atoms with van der Waals surface area (Å²) >= 11 is 5.73. The minimum absolute atomic E-state index is 0.00109. The van der Waals surface area contributed by atoms with Gasteiger partial charge < -0.3 is 0 Å². The van der Waals surface area contributed by atoms with E-state index in [1.54, 1.807) is 7.05 Å². The molecule has 0 bridgehead atoms. The number of nitrogens with zero attached hydrogens (tertiary/aromatic N) is 1. The molecule has 0 N–H and O–H groups in total. The molecule has 0 aliphatic heterocycles. The second-order valence-corrected chi connectivity index (χ2v) is 7.29. The molecule has 0 heterocycles. The molecule has 0 atom stereocenters. The number of benzene rings is 2. The van der Waals surface area contributed by atoms with E-state index in [2.05, 4.69) is 0 Å². The Morgan fingerprint density at radius 2 is 1.48 bits per heavy atom. The molecule has 0 saturated heterocycles. The van der Waals surface area contributed by atoms with Crippen LogP contribution in [-0.2, 0) is 28.2 Å². The first-order chi connectivity index (χ1) is 10.0. The van der Waals surface area contributed by atoms with Crippen LogP contribution in [0.25, 0.3) is 0 Å². The fraction of sp³-hybridized carbons (Fsp3) is 0.250. The van der Waals surface area contributed by atoms with Gasteiger partial charge in [0.25, 0.3) is 0 Å². The summed E-state index contributed by atoms with van der Waals surface area (Å²) in [4.78, 5) is 0. The molecule has 112 valence electrons. The summed E-state index contributed by atoms with van der Waals surface area (Å²) in [6.07, 6.45) is 0. The number of hydrogen-bond acceptors (Lipinski definition) is 2. The van der Waals surface area contributed by atoms with E-state index < -0.39 is 10.0 Å². The van der Waals surface area contributed by atoms with Gasteiger partial charge in [-0.05, 0) is 16.7 Å². The Bertz CT molecular complexity index is 669. The zero-order valence-corrected chi connectivity index (χ0v) is 13.4. The van der Waals surface area contributed by atoms with Gasteiger partial charge in [0.1, 0.15) is 0 Å². The first-order valence-electron chi connectivity index (χ1n) is 6.63. The molecule has 3 nitrogen and oxygen atoms in total. The van der Waals surface area contributed by atoms with Crippen molar-refractivity contribution in [3.63, 3.8) is 0 Å². The first kappa shape index (κ1) is 16.0. The Labute approximate surface area is 131 Å². The van der Waals surface area contributed by atoms with Gasteiger partial charge in [0.15, 0.2) is 0 Å². The Hall–Kier alpha value is -1.36. The van der Waals surface area contributed by atoms with Gasteiger partial charge in [0.05, 0.1) is 5.75 Å². The van der Waals surface area contributed by atoms with Gasteiger partial charge in [0, 0.05) is 19.5 Å². The predicted octanol–water partition coefficient (Wildman–Crippen LogP) is 3.39. The fourth-order valence-electron chi connectivity index (χ4n) is 1.98. The van der Waals surface area contributed by atoms with Crippen LogP contribution in [0.3, 0.4) is 0 Å². The van der Waals surface area contributed by atoms with Gasteiger partial charge in [-0.1, -0.05) is 54.6 Å². The highest BCUT2D eigenvalue weighted by atomic mass is 35.5. The maximum Gasteiger partial charge on any atom is 0.218 e. The van der Waals surface area contributed by atoms with Crippen LogP contribution in [0, 0.1) is 0 Å². The summed E-state index contributed by atoms with van der Waals surface area (Å²) < 4.78 is 26.1. The van der Waals surface area contributed by atoms with E-state index in [0.717, 1.165) is 16.7 Å². The molecule has 2 aromatic carbocycles. The zero-order chi connectivity index (χ0) is 15.3. The van der Waals surface area contributed by atoms with E-state index >= 15 is 0 Å². The van der Waals surface area contributed by atoms with E-state index in [4.69, 9.17) is 11.6 Å². The number of hydrogen-bond donors (Lipinski definition) is 0. The minimum atomic E-state index is -3.33. The van der Waals surface area contributed by atoms with Crippen LogP contribution < -0.4 is 0 Å². The topological polar surface area (TPSA) is 37.4 Å². The van der Waals surface area contributed by atoms with E-state index in [0.29, 0.717) is 12.4 Å². The van der Waals surface area contributed by atoms with Crippen molar-refractivity contribution in [2.24, 2.45) is 0 Å². The third-order valence-electron chi connectivity index (χ3n) is 3.25. The standard InChI is InChI=1S/C16H18ClNO2S/c1-18(12-15-5-3-2-4-6-15)21(19,20)13-16-9-7-14(11-17)8-10-16/h2-10H,11-13H2,1H3. The van der Waals surface area contributed by atoms with Crippen LogP contribution in [0.15, 0.2) is 54.6 Å². The van der Waals surface area contributed by atoms with Gasteiger partial charge in [-0.2, -0.15) is 0 Å². The Balaban J connectivity index is 2.06. The highest BCUT2D eigenvalue weighted by Gasteiger charge is 2.18. The van der Waals surface area contributed by atoms with Crippen molar-refractivity contribution in [1.29, 1.82) is 0 Å². The normalized spacial score (nSPS) is 11.8. The number of sulfonamides is 1. The van der Waals surface area contributed by atoms with Gasteiger partial charge in [-0.3, -0.25) is 0 Å². The second kappa shape index (κ2) is 7.07. The monoisotopic (exact) mass is 323 g/mol. The largest absolute Gasteiger partial charge is 0.218 e. The summed E-state index contributed by atoms with van der Waals surface area (Å²) in [5.74, 6) is 0.430. The number of halogens is 1. The SMILES string of the molecule is CN(Cc1ccccc1)S(=O)(=O)Cc1ccc(CCl)cc1. The molecule has 21 heavy (non-hydrogen) atoms. The van der Waals surface area contributed by atoms with E-state index in [9.17, 15) is 8.42 Å². The van der Waals surface area contributed by atoms with Crippen molar-refractivity contribution < 1.29 is 8.42 Å². The minimum Gasteiger partial charge on any atom is -0.212 e. The lowest BCUT2D eigenvalue weighted by atomic mass is 10.2. The van der Waals surface area contributed by atoms with E-state index in [1.807, 2.05) is 54.6 Å². The lowest BCUT2D eigenvalue weighted by molar-refractivity contribution is 0.466. The van der Waals surface area contributed by atoms with Crippen molar-refractivity contribution in [3.05, 3.63) is 71.3 Å². The van der Waals surface area contributed by atoms with Gasteiger partial charge in [-0.15, -0.1) is 11.6 Å². The van der Waals surface area contributed by atoms with Crippen LogP contribution in [0.2, 0.25) is 0 Å². The maximum absolute atomic E-state index is 12.4. The van der Waals surface area contributed by atoms with E-state index in [1.165, 1.54) is 4.31 Å².